The summed E-state index contributed by atoms with van der Waals surface area (Å²) >= 11 is 3.49. The number of carbonyl (C=O) groups is 2. The van der Waals surface area contributed by atoms with E-state index < -0.39 is 28.5 Å². The van der Waals surface area contributed by atoms with Crippen molar-refractivity contribution in [3.63, 3.8) is 0 Å². The van der Waals surface area contributed by atoms with Crippen molar-refractivity contribution in [2.75, 3.05) is 10.8 Å². The van der Waals surface area contributed by atoms with Crippen molar-refractivity contribution < 1.29 is 18.0 Å². The number of rotatable bonds is 12. The number of hydrogen-bond donors (Lipinski definition) is 1. The summed E-state index contributed by atoms with van der Waals surface area (Å²) in [6.07, 6.45) is 4.20. The molecule has 0 radical (unpaired) electrons. The van der Waals surface area contributed by atoms with Gasteiger partial charge in [-0.05, 0) is 86.2 Å². The number of hydrogen-bond acceptors (Lipinski definition) is 4. The third kappa shape index (κ3) is 8.51. The van der Waals surface area contributed by atoms with Gasteiger partial charge in [-0.3, -0.25) is 13.9 Å². The average molecular weight is 717 g/mol. The standard InChI is InChI=1S/C38H42BrN3O4S/c1-27-16-22-34(23-17-27)47(45,46)42(35-15-9-10-28(2)29(35)3)26-37(43)41(25-31-18-20-32(39)21-19-31)36(24-30-11-5-4-6-12-30)38(44)40-33-13-7-8-14-33/h4-6,9-12,15-23,33,36H,7-8,13-14,24-26H2,1-3H3,(H,40,44)/t36-/m1/s1. The maximum Gasteiger partial charge on any atom is 0.264 e. The van der Waals surface area contributed by atoms with Gasteiger partial charge in [-0.25, -0.2) is 8.42 Å². The van der Waals surface area contributed by atoms with Crippen LogP contribution in [0.25, 0.3) is 0 Å². The van der Waals surface area contributed by atoms with Crippen LogP contribution in [0, 0.1) is 20.8 Å². The normalized spacial score (nSPS) is 14.0. The van der Waals surface area contributed by atoms with Gasteiger partial charge in [0.15, 0.2) is 0 Å². The van der Waals surface area contributed by atoms with E-state index >= 15 is 0 Å². The minimum atomic E-state index is -4.16. The number of sulfonamides is 1. The summed E-state index contributed by atoms with van der Waals surface area (Å²) < 4.78 is 30.8. The molecule has 4 aromatic carbocycles. The predicted octanol–water partition coefficient (Wildman–Crippen LogP) is 7.27. The summed E-state index contributed by atoms with van der Waals surface area (Å²) in [6, 6.07) is 28.5. The molecular weight excluding hydrogens is 674 g/mol. The molecule has 0 heterocycles. The molecule has 4 aromatic rings. The Morgan fingerprint density at radius 1 is 0.830 bits per heavy atom. The van der Waals surface area contributed by atoms with Crippen molar-refractivity contribution in [1.29, 1.82) is 0 Å². The first-order valence-electron chi connectivity index (χ1n) is 16.1. The third-order valence-corrected chi connectivity index (χ3v) is 11.3. The number of nitrogens with one attached hydrogen (secondary N) is 1. The quantitative estimate of drug-likeness (QED) is 0.167. The Hall–Kier alpha value is -3.95. The van der Waals surface area contributed by atoms with Crippen LogP contribution in [0.1, 0.15) is 53.5 Å². The summed E-state index contributed by atoms with van der Waals surface area (Å²) in [5.41, 5.74) is 4.76. The minimum absolute atomic E-state index is 0.0544. The molecular formula is C38H42BrN3O4S. The first-order valence-corrected chi connectivity index (χ1v) is 18.3. The smallest absolute Gasteiger partial charge is 0.264 e. The fraction of sp³-hybridized carbons (Fsp3) is 0.316. The number of amides is 2. The molecule has 0 aromatic heterocycles. The molecule has 1 aliphatic rings. The summed E-state index contributed by atoms with van der Waals surface area (Å²) in [5, 5.41) is 3.22. The molecule has 5 rings (SSSR count). The topological polar surface area (TPSA) is 86.8 Å². The lowest BCUT2D eigenvalue weighted by Gasteiger charge is -2.34. The number of halogens is 1. The fourth-order valence-corrected chi connectivity index (χ4v) is 7.80. The number of carbonyl (C=O) groups excluding carboxylic acids is 2. The van der Waals surface area contributed by atoms with E-state index in [1.165, 1.54) is 4.31 Å². The zero-order valence-corrected chi connectivity index (χ0v) is 29.6. The first kappa shape index (κ1) is 34.4. The van der Waals surface area contributed by atoms with Crippen molar-refractivity contribution in [2.24, 2.45) is 0 Å². The zero-order chi connectivity index (χ0) is 33.6. The van der Waals surface area contributed by atoms with Gasteiger partial charge < -0.3 is 10.2 Å². The average Bonchev–Trinajstić information content (AvgIpc) is 3.57. The van der Waals surface area contributed by atoms with Crippen LogP contribution in [0.5, 0.6) is 0 Å². The highest BCUT2D eigenvalue weighted by Crippen LogP contribution is 2.30. The third-order valence-electron chi connectivity index (χ3n) is 8.97. The van der Waals surface area contributed by atoms with E-state index in [9.17, 15) is 18.0 Å². The lowest BCUT2D eigenvalue weighted by molar-refractivity contribution is -0.140. The molecule has 9 heteroatoms. The molecule has 1 atom stereocenters. The highest BCUT2D eigenvalue weighted by Gasteiger charge is 2.36. The Kier molecular flexibility index (Phi) is 11.2. The summed E-state index contributed by atoms with van der Waals surface area (Å²) in [7, 11) is -4.16. The van der Waals surface area contributed by atoms with E-state index in [2.05, 4.69) is 21.2 Å². The second-order valence-electron chi connectivity index (χ2n) is 12.4. The van der Waals surface area contributed by atoms with Crippen LogP contribution in [0.3, 0.4) is 0 Å². The Balaban J connectivity index is 1.58. The second kappa shape index (κ2) is 15.3. The molecule has 1 aliphatic carbocycles. The lowest BCUT2D eigenvalue weighted by Crippen LogP contribution is -2.54. The summed E-state index contributed by atoms with van der Waals surface area (Å²) in [5.74, 6) is -0.696. The van der Waals surface area contributed by atoms with Crippen molar-refractivity contribution in [3.8, 4) is 0 Å². The van der Waals surface area contributed by atoms with Crippen molar-refractivity contribution in [2.45, 2.75) is 76.4 Å². The van der Waals surface area contributed by atoms with Gasteiger partial charge in [0, 0.05) is 23.5 Å². The van der Waals surface area contributed by atoms with E-state index in [0.29, 0.717) is 5.69 Å². The molecule has 7 nitrogen and oxygen atoms in total. The van der Waals surface area contributed by atoms with E-state index in [1.54, 1.807) is 41.3 Å². The zero-order valence-electron chi connectivity index (χ0n) is 27.2. The van der Waals surface area contributed by atoms with Gasteiger partial charge in [0.2, 0.25) is 11.8 Å². The van der Waals surface area contributed by atoms with Crippen LogP contribution in [-0.2, 0) is 32.6 Å². The number of nitrogens with zero attached hydrogens (tertiary/aromatic N) is 2. The van der Waals surface area contributed by atoms with Crippen LogP contribution >= 0.6 is 15.9 Å². The van der Waals surface area contributed by atoms with E-state index in [-0.39, 0.29) is 29.8 Å². The molecule has 0 aliphatic heterocycles. The monoisotopic (exact) mass is 715 g/mol. The molecule has 246 valence electrons. The Labute approximate surface area is 287 Å². The first-order chi connectivity index (χ1) is 22.5. The van der Waals surface area contributed by atoms with Gasteiger partial charge in [0.25, 0.3) is 10.0 Å². The molecule has 1 N–H and O–H groups in total. The van der Waals surface area contributed by atoms with Crippen LogP contribution in [-0.4, -0.2) is 43.8 Å². The van der Waals surface area contributed by atoms with Crippen LogP contribution in [0.15, 0.2) is 106 Å². The van der Waals surface area contributed by atoms with Gasteiger partial charge in [0.1, 0.15) is 12.6 Å². The van der Waals surface area contributed by atoms with Gasteiger partial charge >= 0.3 is 0 Å². The van der Waals surface area contributed by atoms with Gasteiger partial charge in [-0.2, -0.15) is 0 Å². The Bertz CT molecular complexity index is 1790. The SMILES string of the molecule is Cc1ccc(S(=O)(=O)N(CC(=O)N(Cc2ccc(Br)cc2)[C@H](Cc2ccccc2)C(=O)NC2CCCC2)c2cccc(C)c2C)cc1. The Morgan fingerprint density at radius 2 is 1.49 bits per heavy atom. The molecule has 0 spiro atoms. The number of anilines is 1. The van der Waals surface area contributed by atoms with Crippen molar-refractivity contribution >= 4 is 43.5 Å². The van der Waals surface area contributed by atoms with Crippen LogP contribution in [0.2, 0.25) is 0 Å². The molecule has 0 saturated heterocycles. The van der Waals surface area contributed by atoms with Crippen LogP contribution in [0.4, 0.5) is 5.69 Å². The van der Waals surface area contributed by atoms with Gasteiger partial charge in [-0.1, -0.05) is 101 Å². The Morgan fingerprint density at radius 3 is 2.15 bits per heavy atom. The largest absolute Gasteiger partial charge is 0.352 e. The number of aryl methyl sites for hydroxylation is 2. The predicted molar refractivity (Wildman–Crippen MR) is 191 cm³/mol. The maximum atomic E-state index is 14.7. The molecule has 47 heavy (non-hydrogen) atoms. The van der Waals surface area contributed by atoms with Gasteiger partial charge in [0.05, 0.1) is 10.6 Å². The minimum Gasteiger partial charge on any atom is -0.352 e. The summed E-state index contributed by atoms with van der Waals surface area (Å²) in [4.78, 5) is 30.5. The molecule has 1 saturated carbocycles. The number of benzene rings is 4. The van der Waals surface area contributed by atoms with E-state index in [0.717, 1.165) is 58.0 Å². The molecule has 1 fully saturated rings. The second-order valence-corrected chi connectivity index (χ2v) is 15.2. The van der Waals surface area contributed by atoms with Crippen molar-refractivity contribution in [3.05, 3.63) is 129 Å². The lowest BCUT2D eigenvalue weighted by atomic mass is 10.0. The van der Waals surface area contributed by atoms with Gasteiger partial charge in [-0.15, -0.1) is 0 Å². The highest BCUT2D eigenvalue weighted by atomic mass is 79.9. The summed E-state index contributed by atoms with van der Waals surface area (Å²) in [6.45, 7) is 5.33. The molecule has 0 bridgehead atoms. The van der Waals surface area contributed by atoms with E-state index in [4.69, 9.17) is 0 Å². The van der Waals surface area contributed by atoms with E-state index in [1.807, 2.05) is 81.4 Å². The van der Waals surface area contributed by atoms with Crippen LogP contribution < -0.4 is 9.62 Å². The van der Waals surface area contributed by atoms with Crippen molar-refractivity contribution in [1.82, 2.24) is 10.2 Å². The molecule has 2 amide bonds. The highest BCUT2D eigenvalue weighted by molar-refractivity contribution is 9.10. The maximum absolute atomic E-state index is 14.7. The molecule has 0 unspecified atom stereocenters. The fourth-order valence-electron chi connectivity index (χ4n) is 6.06.